The van der Waals surface area contributed by atoms with Crippen molar-refractivity contribution >= 4 is 28.3 Å². The average Bonchev–Trinajstić information content (AvgIpc) is 3.30. The minimum atomic E-state index is -0.805. The summed E-state index contributed by atoms with van der Waals surface area (Å²) in [5, 5.41) is 20.9. The van der Waals surface area contributed by atoms with Gasteiger partial charge in [-0.25, -0.2) is 0 Å². The number of aliphatic hydroxyl groups is 1. The van der Waals surface area contributed by atoms with Gasteiger partial charge >= 0.3 is 0 Å². The van der Waals surface area contributed by atoms with E-state index in [1.165, 1.54) is 0 Å². The lowest BCUT2D eigenvalue weighted by Crippen LogP contribution is -2.33. The van der Waals surface area contributed by atoms with Crippen molar-refractivity contribution in [2.45, 2.75) is 28.2 Å². The average molecular weight is 455 g/mol. The van der Waals surface area contributed by atoms with Gasteiger partial charge in [-0.2, -0.15) is 0 Å². The molecule has 0 amide bonds. The molecule has 1 N–H and O–H groups in total. The second-order valence-electron chi connectivity index (χ2n) is 8.26. The summed E-state index contributed by atoms with van der Waals surface area (Å²) in [7, 11) is 0. The van der Waals surface area contributed by atoms with E-state index in [9.17, 15) is 5.11 Å². The molecule has 164 valence electrons. The lowest BCUT2D eigenvalue weighted by Gasteiger charge is -2.32. The fraction of sp³-hybridized carbons (Fsp3) is 0.192. The number of aromatic nitrogens is 4. The summed E-state index contributed by atoms with van der Waals surface area (Å²) >= 11 is 1.69. The molecule has 2 aromatic carbocycles. The third-order valence-electron chi connectivity index (χ3n) is 6.16. The van der Waals surface area contributed by atoms with E-state index in [0.717, 1.165) is 43.4 Å². The van der Waals surface area contributed by atoms with E-state index in [1.54, 1.807) is 18.0 Å². The molecule has 0 unspecified atom stereocenters. The Balaban J connectivity index is 1.35. The molecule has 6 rings (SSSR count). The van der Waals surface area contributed by atoms with Gasteiger partial charge in [-0.3, -0.25) is 9.38 Å². The van der Waals surface area contributed by atoms with Crippen LogP contribution in [0.3, 0.4) is 0 Å². The summed E-state index contributed by atoms with van der Waals surface area (Å²) in [5.74, 6) is 0.731. The Morgan fingerprint density at radius 3 is 2.61 bits per heavy atom. The van der Waals surface area contributed by atoms with Crippen molar-refractivity contribution in [2.24, 2.45) is 0 Å². The summed E-state index contributed by atoms with van der Waals surface area (Å²) in [4.78, 5) is 6.68. The molecule has 1 aliphatic rings. The molecule has 5 aromatic rings. The van der Waals surface area contributed by atoms with Crippen LogP contribution < -0.4 is 0 Å². The molecule has 0 bridgehead atoms. The smallest absolute Gasteiger partial charge is 0.187 e. The first kappa shape index (κ1) is 20.4. The summed E-state index contributed by atoms with van der Waals surface area (Å²) in [6.07, 6.45) is 3.02. The van der Waals surface area contributed by atoms with Gasteiger partial charge in [0.05, 0.1) is 11.1 Å². The molecule has 3 aromatic heterocycles. The van der Waals surface area contributed by atoms with Crippen molar-refractivity contribution in [1.29, 1.82) is 0 Å². The highest BCUT2D eigenvalue weighted by atomic mass is 32.2. The van der Waals surface area contributed by atoms with Crippen LogP contribution in [0.25, 0.3) is 28.1 Å². The molecule has 0 atom stereocenters. The van der Waals surface area contributed by atoms with Gasteiger partial charge in [0.1, 0.15) is 5.69 Å². The standard InChI is InChI=1S/C26H22N4O2S/c31-26(11-14-32-15-12-26)19-4-3-5-20(17-19)33-21-8-9-23-18(16-21)7-10-24-28-29-25(30(23)24)22-6-1-2-13-27-22/h1-10,13,16-17,31H,11-12,14-15H2. The SMILES string of the molecule is OC1(c2cccc(Sc3ccc4c(ccc5nnc(-c6ccccn6)n54)c3)c2)CCOCC1. The lowest BCUT2D eigenvalue weighted by molar-refractivity contribution is -0.0680. The maximum Gasteiger partial charge on any atom is 0.187 e. The van der Waals surface area contributed by atoms with E-state index in [4.69, 9.17) is 4.74 Å². The van der Waals surface area contributed by atoms with Crippen LogP contribution in [-0.2, 0) is 10.3 Å². The highest BCUT2D eigenvalue weighted by Crippen LogP contribution is 2.36. The minimum absolute atomic E-state index is 0.594. The van der Waals surface area contributed by atoms with Gasteiger partial charge in [0.25, 0.3) is 0 Å². The van der Waals surface area contributed by atoms with Gasteiger partial charge in [0.15, 0.2) is 11.5 Å². The summed E-state index contributed by atoms with van der Waals surface area (Å²) < 4.78 is 7.48. The first-order valence-corrected chi connectivity index (χ1v) is 11.8. The van der Waals surface area contributed by atoms with Crippen LogP contribution in [0.15, 0.2) is 88.8 Å². The Labute approximate surface area is 195 Å². The number of ether oxygens (including phenoxy) is 1. The van der Waals surface area contributed by atoms with Gasteiger partial charge in [-0.1, -0.05) is 30.0 Å². The Kier molecular flexibility index (Phi) is 5.10. The number of fused-ring (bicyclic) bond motifs is 3. The zero-order valence-corrected chi connectivity index (χ0v) is 18.7. The second-order valence-corrected chi connectivity index (χ2v) is 9.41. The topological polar surface area (TPSA) is 72.5 Å². The molecular weight excluding hydrogens is 432 g/mol. The number of pyridine rings is 2. The monoisotopic (exact) mass is 454 g/mol. The van der Waals surface area contributed by atoms with Crippen molar-refractivity contribution in [2.75, 3.05) is 13.2 Å². The third-order valence-corrected chi connectivity index (χ3v) is 7.14. The molecular formula is C26H22N4O2S. The maximum absolute atomic E-state index is 11.1. The Hall–Kier alpha value is -3.26. The molecule has 0 radical (unpaired) electrons. The van der Waals surface area contributed by atoms with Crippen molar-refractivity contribution in [1.82, 2.24) is 19.6 Å². The van der Waals surface area contributed by atoms with Crippen molar-refractivity contribution in [3.63, 3.8) is 0 Å². The van der Waals surface area contributed by atoms with Gasteiger partial charge < -0.3 is 9.84 Å². The van der Waals surface area contributed by atoms with Crippen LogP contribution in [0, 0.1) is 0 Å². The van der Waals surface area contributed by atoms with Crippen LogP contribution in [0.2, 0.25) is 0 Å². The van der Waals surface area contributed by atoms with Crippen molar-refractivity contribution in [3.8, 4) is 11.5 Å². The normalized spacial score (nSPS) is 15.8. The Bertz CT molecular complexity index is 1450. The zero-order valence-electron chi connectivity index (χ0n) is 17.9. The lowest BCUT2D eigenvalue weighted by atomic mass is 9.87. The van der Waals surface area contributed by atoms with E-state index in [1.807, 2.05) is 40.8 Å². The number of rotatable bonds is 4. The minimum Gasteiger partial charge on any atom is -0.385 e. The molecule has 7 heteroatoms. The maximum atomic E-state index is 11.1. The molecule has 0 saturated carbocycles. The highest BCUT2D eigenvalue weighted by Gasteiger charge is 2.31. The van der Waals surface area contributed by atoms with Gasteiger partial charge in [-0.05, 0) is 65.5 Å². The van der Waals surface area contributed by atoms with Gasteiger partial charge in [-0.15, -0.1) is 10.2 Å². The van der Waals surface area contributed by atoms with Crippen LogP contribution in [0.4, 0.5) is 0 Å². The van der Waals surface area contributed by atoms with Crippen LogP contribution in [-0.4, -0.2) is 37.9 Å². The summed E-state index contributed by atoms with van der Waals surface area (Å²) in [6.45, 7) is 1.19. The molecule has 1 fully saturated rings. The fourth-order valence-electron chi connectivity index (χ4n) is 4.38. The molecule has 1 aliphatic heterocycles. The number of hydrogen-bond acceptors (Lipinski definition) is 6. The van der Waals surface area contributed by atoms with E-state index in [2.05, 4.69) is 51.6 Å². The molecule has 33 heavy (non-hydrogen) atoms. The summed E-state index contributed by atoms with van der Waals surface area (Å²) in [5.41, 5.74) is 2.77. The predicted octanol–water partition coefficient (Wildman–Crippen LogP) is 5.09. The van der Waals surface area contributed by atoms with Crippen molar-refractivity contribution in [3.05, 3.63) is 84.6 Å². The predicted molar refractivity (Wildman–Crippen MR) is 128 cm³/mol. The van der Waals surface area contributed by atoms with Crippen LogP contribution >= 0.6 is 11.8 Å². The molecule has 0 spiro atoms. The first-order chi connectivity index (χ1) is 16.2. The van der Waals surface area contributed by atoms with E-state index in [0.29, 0.717) is 26.1 Å². The number of hydrogen-bond donors (Lipinski definition) is 1. The quantitative estimate of drug-likeness (QED) is 0.408. The Morgan fingerprint density at radius 2 is 1.76 bits per heavy atom. The molecule has 0 aliphatic carbocycles. The Morgan fingerprint density at radius 1 is 0.879 bits per heavy atom. The van der Waals surface area contributed by atoms with E-state index < -0.39 is 5.60 Å². The fourth-order valence-corrected chi connectivity index (χ4v) is 5.31. The second kappa shape index (κ2) is 8.26. The third kappa shape index (κ3) is 3.78. The van der Waals surface area contributed by atoms with E-state index >= 15 is 0 Å². The largest absolute Gasteiger partial charge is 0.385 e. The van der Waals surface area contributed by atoms with E-state index in [-0.39, 0.29) is 0 Å². The first-order valence-electron chi connectivity index (χ1n) is 11.0. The summed E-state index contributed by atoms with van der Waals surface area (Å²) in [6, 6.07) is 24.5. The van der Waals surface area contributed by atoms with Gasteiger partial charge in [0.2, 0.25) is 0 Å². The molecule has 4 heterocycles. The van der Waals surface area contributed by atoms with Crippen molar-refractivity contribution < 1.29 is 9.84 Å². The van der Waals surface area contributed by atoms with Gasteiger partial charge in [0, 0.05) is 42.0 Å². The van der Waals surface area contributed by atoms with Crippen LogP contribution in [0.5, 0.6) is 0 Å². The molecule has 1 saturated heterocycles. The van der Waals surface area contributed by atoms with Crippen LogP contribution in [0.1, 0.15) is 18.4 Å². The molecule has 6 nitrogen and oxygen atoms in total. The highest BCUT2D eigenvalue weighted by molar-refractivity contribution is 7.99. The number of nitrogens with zero attached hydrogens (tertiary/aromatic N) is 4. The zero-order chi connectivity index (χ0) is 22.3. The number of benzene rings is 2.